The number of hydrogen-bond donors (Lipinski definition) is 1. The Morgan fingerprint density at radius 2 is 2.05 bits per heavy atom. The van der Waals surface area contributed by atoms with Gasteiger partial charge < -0.3 is 10.0 Å². The normalized spacial score (nSPS) is 21.7. The van der Waals surface area contributed by atoms with E-state index >= 15 is 0 Å². The minimum Gasteiger partial charge on any atom is -0.392 e. The molecule has 0 aliphatic carbocycles. The molecular formula is C15H26N2O2. The fourth-order valence-corrected chi connectivity index (χ4v) is 2.62. The van der Waals surface area contributed by atoms with Crippen LogP contribution >= 0.6 is 0 Å². The Hall–Kier alpha value is -1.13. The molecule has 0 aromatic rings. The van der Waals surface area contributed by atoms with Gasteiger partial charge in [-0.05, 0) is 26.3 Å². The maximum absolute atomic E-state index is 12.3. The van der Waals surface area contributed by atoms with Crippen LogP contribution in [0.15, 0.2) is 25.3 Å². The molecule has 4 heteroatoms. The number of carbonyl (C=O) groups is 1. The highest BCUT2D eigenvalue weighted by Gasteiger charge is 2.28. The highest BCUT2D eigenvalue weighted by molar-refractivity contribution is 5.78. The third-order valence-electron chi connectivity index (χ3n) is 3.61. The Morgan fingerprint density at radius 3 is 2.58 bits per heavy atom. The monoisotopic (exact) mass is 266 g/mol. The van der Waals surface area contributed by atoms with E-state index in [-0.39, 0.29) is 18.1 Å². The molecule has 4 nitrogen and oxygen atoms in total. The van der Waals surface area contributed by atoms with Crippen LogP contribution in [0.2, 0.25) is 0 Å². The Labute approximate surface area is 116 Å². The Balaban J connectivity index is 2.61. The van der Waals surface area contributed by atoms with Crippen molar-refractivity contribution < 1.29 is 9.90 Å². The molecule has 1 N–H and O–H groups in total. The molecule has 0 aromatic carbocycles. The summed E-state index contributed by atoms with van der Waals surface area (Å²) >= 11 is 0. The van der Waals surface area contributed by atoms with Crippen LogP contribution in [-0.4, -0.2) is 59.1 Å². The molecule has 1 rings (SSSR count). The number of piperidine rings is 1. The first-order valence-electron chi connectivity index (χ1n) is 7.01. The first-order valence-corrected chi connectivity index (χ1v) is 7.01. The lowest BCUT2D eigenvalue weighted by Gasteiger charge is -2.37. The van der Waals surface area contributed by atoms with Crippen molar-refractivity contribution in [2.24, 2.45) is 0 Å². The largest absolute Gasteiger partial charge is 0.392 e. The van der Waals surface area contributed by atoms with E-state index in [1.807, 2.05) is 0 Å². The summed E-state index contributed by atoms with van der Waals surface area (Å²) < 4.78 is 0. The summed E-state index contributed by atoms with van der Waals surface area (Å²) in [5.74, 6) is 0.0763. The predicted molar refractivity (Wildman–Crippen MR) is 77.9 cm³/mol. The standard InChI is InChI=1S/C15H26N2O2/c1-4-9-16(10-5-2)15(19)12-17-11-7-6-8-14(17)13(3)18/h4-5,13-14,18H,1-2,6-12H2,3H3. The van der Waals surface area contributed by atoms with Gasteiger partial charge in [-0.15, -0.1) is 13.2 Å². The maximum atomic E-state index is 12.3. The Bertz CT molecular complexity index is 305. The van der Waals surface area contributed by atoms with E-state index in [4.69, 9.17) is 0 Å². The van der Waals surface area contributed by atoms with Crippen LogP contribution in [0.3, 0.4) is 0 Å². The molecule has 1 fully saturated rings. The maximum Gasteiger partial charge on any atom is 0.237 e. The minimum atomic E-state index is -0.389. The SMILES string of the molecule is C=CCN(CC=C)C(=O)CN1CCCCC1C(C)O. The van der Waals surface area contributed by atoms with Crippen LogP contribution in [0.4, 0.5) is 0 Å². The second-order valence-corrected chi connectivity index (χ2v) is 5.15. The molecule has 1 saturated heterocycles. The highest BCUT2D eigenvalue weighted by atomic mass is 16.3. The summed E-state index contributed by atoms with van der Waals surface area (Å²) in [5.41, 5.74) is 0. The quantitative estimate of drug-likeness (QED) is 0.709. The Morgan fingerprint density at radius 1 is 1.42 bits per heavy atom. The number of carbonyl (C=O) groups excluding carboxylic acids is 1. The van der Waals surface area contributed by atoms with Gasteiger partial charge in [0.1, 0.15) is 0 Å². The van der Waals surface area contributed by atoms with Gasteiger partial charge >= 0.3 is 0 Å². The molecule has 19 heavy (non-hydrogen) atoms. The third kappa shape index (κ3) is 4.80. The Kier molecular flexibility index (Phi) is 6.81. The smallest absolute Gasteiger partial charge is 0.237 e. The molecule has 2 unspecified atom stereocenters. The summed E-state index contributed by atoms with van der Waals surface area (Å²) in [7, 11) is 0. The van der Waals surface area contributed by atoms with Gasteiger partial charge in [0.2, 0.25) is 5.91 Å². The molecule has 1 aliphatic rings. The second-order valence-electron chi connectivity index (χ2n) is 5.15. The fraction of sp³-hybridized carbons (Fsp3) is 0.667. The molecule has 0 spiro atoms. The van der Waals surface area contributed by atoms with E-state index in [0.29, 0.717) is 19.6 Å². The van der Waals surface area contributed by atoms with Crippen LogP contribution in [0.5, 0.6) is 0 Å². The molecule has 1 aliphatic heterocycles. The lowest BCUT2D eigenvalue weighted by molar-refractivity contribution is -0.133. The zero-order valence-electron chi connectivity index (χ0n) is 11.9. The summed E-state index contributed by atoms with van der Waals surface area (Å²) in [5, 5.41) is 9.81. The average molecular weight is 266 g/mol. The average Bonchev–Trinajstić information content (AvgIpc) is 2.38. The van der Waals surface area contributed by atoms with E-state index in [1.165, 1.54) is 0 Å². The van der Waals surface area contributed by atoms with Crippen LogP contribution in [-0.2, 0) is 4.79 Å². The number of aliphatic hydroxyl groups excluding tert-OH is 1. The van der Waals surface area contributed by atoms with Gasteiger partial charge in [-0.3, -0.25) is 9.69 Å². The summed E-state index contributed by atoms with van der Waals surface area (Å²) in [6, 6.07) is 0.104. The molecule has 0 bridgehead atoms. The van der Waals surface area contributed by atoms with E-state index in [2.05, 4.69) is 18.1 Å². The van der Waals surface area contributed by atoms with Crippen molar-refractivity contribution in [2.45, 2.75) is 38.3 Å². The molecule has 1 amide bonds. The van der Waals surface area contributed by atoms with E-state index in [0.717, 1.165) is 25.8 Å². The summed E-state index contributed by atoms with van der Waals surface area (Å²) in [6.45, 7) is 11.5. The van der Waals surface area contributed by atoms with E-state index < -0.39 is 0 Å². The summed E-state index contributed by atoms with van der Waals surface area (Å²) in [4.78, 5) is 16.1. The topological polar surface area (TPSA) is 43.8 Å². The number of rotatable bonds is 7. The van der Waals surface area contributed by atoms with Gasteiger partial charge in [0, 0.05) is 19.1 Å². The molecule has 0 aromatic heterocycles. The van der Waals surface area contributed by atoms with Gasteiger partial charge in [0.15, 0.2) is 0 Å². The zero-order chi connectivity index (χ0) is 14.3. The molecule has 2 atom stereocenters. The highest BCUT2D eigenvalue weighted by Crippen LogP contribution is 2.19. The van der Waals surface area contributed by atoms with Crippen molar-refractivity contribution >= 4 is 5.91 Å². The number of amides is 1. The van der Waals surface area contributed by atoms with Gasteiger partial charge in [0.25, 0.3) is 0 Å². The third-order valence-corrected chi connectivity index (χ3v) is 3.61. The van der Waals surface area contributed by atoms with Crippen LogP contribution in [0, 0.1) is 0 Å². The van der Waals surface area contributed by atoms with Crippen LogP contribution in [0.1, 0.15) is 26.2 Å². The van der Waals surface area contributed by atoms with E-state index in [9.17, 15) is 9.90 Å². The lowest BCUT2D eigenvalue weighted by atomic mass is 9.98. The van der Waals surface area contributed by atoms with Crippen molar-refractivity contribution in [3.63, 3.8) is 0 Å². The van der Waals surface area contributed by atoms with Crippen molar-refractivity contribution in [2.75, 3.05) is 26.2 Å². The molecular weight excluding hydrogens is 240 g/mol. The number of hydrogen-bond acceptors (Lipinski definition) is 3. The van der Waals surface area contributed by atoms with Crippen molar-refractivity contribution in [3.05, 3.63) is 25.3 Å². The molecule has 0 saturated carbocycles. The minimum absolute atomic E-state index is 0.0763. The first-order chi connectivity index (χ1) is 9.10. The van der Waals surface area contributed by atoms with Gasteiger partial charge in [-0.25, -0.2) is 0 Å². The van der Waals surface area contributed by atoms with Gasteiger partial charge in [-0.2, -0.15) is 0 Å². The van der Waals surface area contributed by atoms with Gasteiger partial charge in [0.05, 0.1) is 12.6 Å². The lowest BCUT2D eigenvalue weighted by Crippen LogP contribution is -2.50. The zero-order valence-corrected chi connectivity index (χ0v) is 11.9. The second kappa shape index (κ2) is 8.12. The van der Waals surface area contributed by atoms with Gasteiger partial charge in [-0.1, -0.05) is 18.6 Å². The number of aliphatic hydroxyl groups is 1. The van der Waals surface area contributed by atoms with Crippen LogP contribution < -0.4 is 0 Å². The number of nitrogens with zero attached hydrogens (tertiary/aromatic N) is 2. The molecule has 108 valence electrons. The first kappa shape index (κ1) is 15.9. The predicted octanol–water partition coefficient (Wildman–Crippen LogP) is 1.42. The fourth-order valence-electron chi connectivity index (χ4n) is 2.62. The van der Waals surface area contributed by atoms with Crippen molar-refractivity contribution in [1.29, 1.82) is 0 Å². The number of likely N-dealkylation sites (tertiary alicyclic amines) is 1. The van der Waals surface area contributed by atoms with Crippen LogP contribution in [0.25, 0.3) is 0 Å². The molecule has 1 heterocycles. The van der Waals surface area contributed by atoms with E-state index in [1.54, 1.807) is 24.0 Å². The van der Waals surface area contributed by atoms with Crippen molar-refractivity contribution in [3.8, 4) is 0 Å². The summed E-state index contributed by atoms with van der Waals surface area (Å²) in [6.07, 6.45) is 6.25. The molecule has 0 radical (unpaired) electrons. The van der Waals surface area contributed by atoms with Crippen molar-refractivity contribution in [1.82, 2.24) is 9.80 Å².